The van der Waals surface area contributed by atoms with Gasteiger partial charge in [-0.1, -0.05) is 18.2 Å². The van der Waals surface area contributed by atoms with Crippen molar-refractivity contribution < 1.29 is 23.5 Å². The molecule has 0 N–H and O–H groups in total. The zero-order valence-corrected chi connectivity index (χ0v) is 13.4. The zero-order chi connectivity index (χ0) is 15.9. The minimum absolute atomic E-state index is 0.407. The van der Waals surface area contributed by atoms with Crippen LogP contribution in [0.3, 0.4) is 0 Å². The Morgan fingerprint density at radius 3 is 2.14 bits per heavy atom. The number of carbonyl (C=O) groups is 1. The Balaban J connectivity index is 2.46. The lowest BCUT2D eigenvalue weighted by Crippen LogP contribution is -2.54. The van der Waals surface area contributed by atoms with E-state index < -0.39 is 23.9 Å². The van der Waals surface area contributed by atoms with Crippen molar-refractivity contribution in [3.05, 3.63) is 29.8 Å². The molecule has 6 heteroatoms. The Bertz CT molecular complexity index is 537. The molecular weight excluding hydrogens is 271 g/mol. The van der Waals surface area contributed by atoms with Crippen LogP contribution in [0.5, 0.6) is 0 Å². The maximum Gasteiger partial charge on any atom is 0.410 e. The normalized spacial score (nSPS) is 22.0. The number of benzene rings is 1. The summed E-state index contributed by atoms with van der Waals surface area (Å²) in [6, 6.07) is 6.95. The number of hydrogen-bond acceptors (Lipinski definition) is 5. The zero-order valence-electron chi connectivity index (χ0n) is 13.4. The van der Waals surface area contributed by atoms with Crippen molar-refractivity contribution in [2.75, 3.05) is 14.2 Å². The second-order valence-electron chi connectivity index (χ2n) is 6.25. The van der Waals surface area contributed by atoms with Gasteiger partial charge in [-0.3, -0.25) is 0 Å². The van der Waals surface area contributed by atoms with E-state index in [1.54, 1.807) is 25.3 Å². The number of rotatable bonds is 3. The highest BCUT2D eigenvalue weighted by atomic mass is 16.8. The first-order valence-electron chi connectivity index (χ1n) is 6.95. The van der Waals surface area contributed by atoms with Crippen LogP contribution in [0.4, 0.5) is 0 Å². The van der Waals surface area contributed by atoms with E-state index in [0.29, 0.717) is 11.0 Å². The van der Waals surface area contributed by atoms with Gasteiger partial charge in [0.1, 0.15) is 0 Å². The molecule has 0 bridgehead atoms. The van der Waals surface area contributed by atoms with Gasteiger partial charge >= 0.3 is 12.7 Å². The molecule has 0 amide bonds. The van der Waals surface area contributed by atoms with E-state index in [4.69, 9.17) is 18.7 Å². The molecule has 0 spiro atoms. The molecule has 5 nitrogen and oxygen atoms in total. The molecule has 1 heterocycles. The molecule has 21 heavy (non-hydrogen) atoms. The van der Waals surface area contributed by atoms with Gasteiger partial charge in [0, 0.05) is 11.2 Å². The molecule has 0 unspecified atom stereocenters. The van der Waals surface area contributed by atoms with Gasteiger partial charge in [0.15, 0.2) is 0 Å². The van der Waals surface area contributed by atoms with E-state index in [-0.39, 0.29) is 0 Å². The van der Waals surface area contributed by atoms with Gasteiger partial charge in [-0.15, -0.1) is 5.46 Å². The lowest BCUT2D eigenvalue weighted by atomic mass is 9.69. The van der Waals surface area contributed by atoms with Crippen LogP contribution in [0.15, 0.2) is 24.3 Å². The summed E-state index contributed by atoms with van der Waals surface area (Å²) < 4.78 is 22.6. The van der Waals surface area contributed by atoms with Crippen molar-refractivity contribution in [3.63, 3.8) is 0 Å². The molecule has 1 aliphatic heterocycles. The van der Waals surface area contributed by atoms with Crippen molar-refractivity contribution in [1.29, 1.82) is 0 Å². The average molecular weight is 293 g/mol. The fraction of sp³-hybridized carbons (Fsp3) is 0.533. The van der Waals surface area contributed by atoms with E-state index in [1.807, 2.05) is 33.8 Å². The second kappa shape index (κ2) is 5.12. The topological polar surface area (TPSA) is 54.0 Å². The van der Waals surface area contributed by atoms with E-state index in [1.165, 1.54) is 7.11 Å². The molecule has 0 radical (unpaired) electrons. The van der Waals surface area contributed by atoms with Gasteiger partial charge in [0.2, 0.25) is 0 Å². The van der Waals surface area contributed by atoms with Crippen molar-refractivity contribution in [2.45, 2.75) is 38.9 Å². The summed E-state index contributed by atoms with van der Waals surface area (Å²) in [5, 5.41) is 0. The van der Waals surface area contributed by atoms with Crippen LogP contribution in [0, 0.1) is 0 Å². The number of ether oxygens (including phenoxy) is 1. The highest BCUT2D eigenvalue weighted by molar-refractivity contribution is 6.76. The second-order valence-corrected chi connectivity index (χ2v) is 6.25. The monoisotopic (exact) mass is 293 g/mol. The molecule has 0 saturated carbocycles. The average Bonchev–Trinajstić information content (AvgIpc) is 2.64. The highest BCUT2D eigenvalue weighted by Gasteiger charge is 2.53. The van der Waals surface area contributed by atoms with Crippen LogP contribution in [0.25, 0.3) is 0 Å². The van der Waals surface area contributed by atoms with Gasteiger partial charge in [0.05, 0.1) is 12.7 Å². The Labute approximate surface area is 125 Å². The largest absolute Gasteiger partial charge is 0.543 e. The molecule has 1 saturated heterocycles. The van der Waals surface area contributed by atoms with Gasteiger partial charge in [-0.25, -0.2) is 4.79 Å². The van der Waals surface area contributed by atoms with Gasteiger partial charge in [0.25, 0.3) is 0 Å². The lowest BCUT2D eigenvalue weighted by molar-refractivity contribution is 0.00578. The van der Waals surface area contributed by atoms with Crippen LogP contribution in [-0.2, 0) is 18.7 Å². The SMILES string of the molecule is COC(=O)c1cccc([B-]2(OC)OC(C)(C)C(C)(C)O2)c1. The Morgan fingerprint density at radius 2 is 1.67 bits per heavy atom. The Hall–Kier alpha value is -1.37. The van der Waals surface area contributed by atoms with Crippen LogP contribution < -0.4 is 5.46 Å². The van der Waals surface area contributed by atoms with Crippen molar-refractivity contribution in [1.82, 2.24) is 0 Å². The number of methoxy groups -OCH3 is 1. The maximum absolute atomic E-state index is 11.7. The van der Waals surface area contributed by atoms with Crippen molar-refractivity contribution in [3.8, 4) is 0 Å². The molecule has 1 aliphatic rings. The summed E-state index contributed by atoms with van der Waals surface area (Å²) in [7, 11) is 2.89. The fourth-order valence-electron chi connectivity index (χ4n) is 2.46. The molecule has 2 rings (SSSR count). The quantitative estimate of drug-likeness (QED) is 0.629. The third kappa shape index (κ3) is 2.59. The summed E-state index contributed by atoms with van der Waals surface area (Å²) in [6.45, 7) is 5.72. The Kier molecular flexibility index (Phi) is 3.91. The molecule has 0 atom stereocenters. The number of hydrogen-bond donors (Lipinski definition) is 0. The maximum atomic E-state index is 11.7. The lowest BCUT2D eigenvalue weighted by Gasteiger charge is -2.36. The summed E-state index contributed by atoms with van der Waals surface area (Å²) in [5.74, 6) is -0.407. The predicted octanol–water partition coefficient (Wildman–Crippen LogP) is 1.87. The summed E-state index contributed by atoms with van der Waals surface area (Å²) in [6.07, 6.45) is 0. The van der Waals surface area contributed by atoms with Crippen LogP contribution in [0.1, 0.15) is 38.1 Å². The molecule has 0 aliphatic carbocycles. The first kappa shape index (κ1) is 16.0. The summed E-state index contributed by atoms with van der Waals surface area (Å²) in [5.41, 5.74) is 0.0660. The van der Waals surface area contributed by atoms with E-state index in [2.05, 4.69) is 0 Å². The van der Waals surface area contributed by atoms with Crippen LogP contribution in [-0.4, -0.2) is 38.1 Å². The van der Waals surface area contributed by atoms with Gasteiger partial charge < -0.3 is 18.7 Å². The highest BCUT2D eigenvalue weighted by Crippen LogP contribution is 2.41. The molecule has 1 aromatic carbocycles. The van der Waals surface area contributed by atoms with E-state index in [9.17, 15) is 4.79 Å². The van der Waals surface area contributed by atoms with Gasteiger partial charge in [-0.2, -0.15) is 0 Å². The van der Waals surface area contributed by atoms with Crippen LogP contribution >= 0.6 is 0 Å². The van der Waals surface area contributed by atoms with Crippen LogP contribution in [0.2, 0.25) is 0 Å². The third-order valence-corrected chi connectivity index (χ3v) is 4.38. The minimum atomic E-state index is -2.11. The number of esters is 1. The molecule has 1 fully saturated rings. The fourth-order valence-corrected chi connectivity index (χ4v) is 2.46. The van der Waals surface area contributed by atoms with Crippen molar-refractivity contribution in [2.24, 2.45) is 0 Å². The molecule has 1 aromatic rings. The standard InChI is InChI=1S/C15H22BO5/c1-14(2)15(3,4)21-16(19-6,20-14)12-9-7-8-11(10-12)13(17)18-5/h7-10H,1-6H3/q-1. The first-order valence-corrected chi connectivity index (χ1v) is 6.95. The minimum Gasteiger partial charge on any atom is -0.543 e. The van der Waals surface area contributed by atoms with E-state index in [0.717, 1.165) is 0 Å². The van der Waals surface area contributed by atoms with Gasteiger partial charge in [-0.05, 0) is 40.9 Å². The number of carbonyl (C=O) groups excluding carboxylic acids is 1. The molecular formula is C15H22BO5-. The first-order chi connectivity index (χ1) is 9.67. The summed E-state index contributed by atoms with van der Waals surface area (Å²) >= 11 is 0. The van der Waals surface area contributed by atoms with E-state index >= 15 is 0 Å². The Morgan fingerprint density at radius 1 is 1.10 bits per heavy atom. The molecule has 0 aromatic heterocycles. The summed E-state index contributed by atoms with van der Waals surface area (Å²) in [4.78, 5) is 11.7. The smallest absolute Gasteiger partial charge is 0.410 e. The van der Waals surface area contributed by atoms with Crippen molar-refractivity contribution >= 4 is 18.2 Å². The third-order valence-electron chi connectivity index (χ3n) is 4.38. The molecule has 116 valence electrons. The predicted molar refractivity (Wildman–Crippen MR) is 80.5 cm³/mol.